The van der Waals surface area contributed by atoms with Gasteiger partial charge in [0.1, 0.15) is 11.6 Å². The third-order valence-electron chi connectivity index (χ3n) is 3.43. The van der Waals surface area contributed by atoms with Crippen molar-refractivity contribution in [2.45, 2.75) is 25.7 Å². The van der Waals surface area contributed by atoms with Crippen LogP contribution in [0, 0.1) is 12.7 Å². The van der Waals surface area contributed by atoms with Crippen molar-refractivity contribution in [2.24, 2.45) is 0 Å². The molecule has 0 saturated heterocycles. The molecule has 24 heavy (non-hydrogen) atoms. The maximum Gasteiger partial charge on any atom is 0.260 e. The molecule has 2 aromatic rings. The van der Waals surface area contributed by atoms with Crippen molar-refractivity contribution in [3.05, 3.63) is 65.5 Å². The van der Waals surface area contributed by atoms with Crippen molar-refractivity contribution >= 4 is 17.7 Å². The molecule has 2 rings (SSSR count). The predicted molar refractivity (Wildman–Crippen MR) is 96.8 cm³/mol. The van der Waals surface area contributed by atoms with Crippen molar-refractivity contribution in [1.29, 1.82) is 0 Å². The minimum atomic E-state index is -0.552. The molecule has 0 spiro atoms. The highest BCUT2D eigenvalue weighted by atomic mass is 32.2. The first-order chi connectivity index (χ1) is 11.6. The molecule has 0 aliphatic carbocycles. The topological polar surface area (TPSA) is 38.3 Å². The third kappa shape index (κ3) is 5.89. The molecule has 0 aromatic heterocycles. The number of thioether (sulfide) groups is 1. The van der Waals surface area contributed by atoms with Gasteiger partial charge >= 0.3 is 0 Å². The van der Waals surface area contributed by atoms with E-state index in [0.717, 1.165) is 11.3 Å². The van der Waals surface area contributed by atoms with Crippen LogP contribution in [-0.4, -0.2) is 24.3 Å². The van der Waals surface area contributed by atoms with Crippen LogP contribution in [0.1, 0.15) is 18.1 Å². The van der Waals surface area contributed by atoms with Crippen molar-refractivity contribution in [2.75, 3.05) is 12.3 Å². The summed E-state index contributed by atoms with van der Waals surface area (Å²) in [7, 11) is 0. The molecule has 0 heterocycles. The number of nitrogens with one attached hydrogen (secondary N) is 1. The fourth-order valence-corrected chi connectivity index (χ4v) is 2.98. The van der Waals surface area contributed by atoms with Gasteiger partial charge in [0.2, 0.25) is 0 Å². The molecule has 0 saturated carbocycles. The lowest BCUT2D eigenvalue weighted by Crippen LogP contribution is -2.37. The van der Waals surface area contributed by atoms with E-state index in [0.29, 0.717) is 23.6 Å². The van der Waals surface area contributed by atoms with Crippen molar-refractivity contribution < 1.29 is 13.9 Å². The average Bonchev–Trinajstić information content (AvgIpc) is 2.56. The molecular weight excluding hydrogens is 325 g/mol. The standard InChI is InChI=1S/C19H22FNO2S/c1-14-6-5-8-17(12-14)23-15(2)19(22)21-10-11-24-13-16-7-3-4-9-18(16)20/h3-9,12,15H,10-11,13H2,1-2H3,(H,21,22). The lowest BCUT2D eigenvalue weighted by molar-refractivity contribution is -0.127. The Hall–Kier alpha value is -2.01. The smallest absolute Gasteiger partial charge is 0.260 e. The number of halogens is 1. The van der Waals surface area contributed by atoms with Gasteiger partial charge in [-0.15, -0.1) is 0 Å². The summed E-state index contributed by atoms with van der Waals surface area (Å²) in [4.78, 5) is 12.0. The number of aryl methyl sites for hydroxylation is 1. The quantitative estimate of drug-likeness (QED) is 0.735. The summed E-state index contributed by atoms with van der Waals surface area (Å²) in [6, 6.07) is 14.3. The molecule has 2 aromatic carbocycles. The van der Waals surface area contributed by atoms with Gasteiger partial charge in [-0.05, 0) is 43.2 Å². The minimum Gasteiger partial charge on any atom is -0.481 e. The normalized spacial score (nSPS) is 11.8. The fraction of sp³-hybridized carbons (Fsp3) is 0.316. The van der Waals surface area contributed by atoms with Crippen LogP contribution < -0.4 is 10.1 Å². The molecule has 0 radical (unpaired) electrons. The fourth-order valence-electron chi connectivity index (χ4n) is 2.13. The third-order valence-corrected chi connectivity index (χ3v) is 4.44. The second-order valence-corrected chi connectivity index (χ2v) is 6.62. The van der Waals surface area contributed by atoms with Crippen LogP contribution in [0.2, 0.25) is 0 Å². The number of benzene rings is 2. The van der Waals surface area contributed by atoms with Gasteiger partial charge in [-0.2, -0.15) is 11.8 Å². The largest absolute Gasteiger partial charge is 0.481 e. The van der Waals surface area contributed by atoms with Crippen LogP contribution in [0.25, 0.3) is 0 Å². The van der Waals surface area contributed by atoms with Crippen LogP contribution in [0.3, 0.4) is 0 Å². The molecule has 5 heteroatoms. The highest BCUT2D eigenvalue weighted by Crippen LogP contribution is 2.15. The first-order valence-corrected chi connectivity index (χ1v) is 9.04. The number of carbonyl (C=O) groups excluding carboxylic acids is 1. The molecule has 0 aliphatic heterocycles. The molecule has 0 fully saturated rings. The first-order valence-electron chi connectivity index (χ1n) is 7.88. The second-order valence-electron chi connectivity index (χ2n) is 5.51. The molecule has 0 bridgehead atoms. The van der Waals surface area contributed by atoms with Crippen molar-refractivity contribution in [3.8, 4) is 5.75 Å². The Balaban J connectivity index is 1.66. The molecular formula is C19H22FNO2S. The zero-order chi connectivity index (χ0) is 17.4. The number of amides is 1. The van der Waals surface area contributed by atoms with E-state index in [1.54, 1.807) is 30.8 Å². The number of rotatable bonds is 8. The highest BCUT2D eigenvalue weighted by Gasteiger charge is 2.14. The van der Waals surface area contributed by atoms with E-state index < -0.39 is 6.10 Å². The summed E-state index contributed by atoms with van der Waals surface area (Å²) in [6.07, 6.45) is -0.552. The Kier molecular flexibility index (Phi) is 7.12. The number of hydrogen-bond acceptors (Lipinski definition) is 3. The highest BCUT2D eigenvalue weighted by molar-refractivity contribution is 7.98. The van der Waals surface area contributed by atoms with Crippen LogP contribution in [0.5, 0.6) is 5.75 Å². The number of hydrogen-bond donors (Lipinski definition) is 1. The summed E-state index contributed by atoms with van der Waals surface area (Å²) < 4.78 is 19.1. The van der Waals surface area contributed by atoms with E-state index in [-0.39, 0.29) is 11.7 Å². The van der Waals surface area contributed by atoms with Crippen LogP contribution >= 0.6 is 11.8 Å². The van der Waals surface area contributed by atoms with Gasteiger partial charge < -0.3 is 10.1 Å². The summed E-state index contributed by atoms with van der Waals surface area (Å²) in [5, 5.41) is 2.84. The summed E-state index contributed by atoms with van der Waals surface area (Å²) in [6.45, 7) is 4.23. The van der Waals surface area contributed by atoms with Gasteiger partial charge in [0.15, 0.2) is 6.10 Å². The zero-order valence-corrected chi connectivity index (χ0v) is 14.7. The van der Waals surface area contributed by atoms with E-state index in [2.05, 4.69) is 5.32 Å². The van der Waals surface area contributed by atoms with Crippen LogP contribution in [0.4, 0.5) is 4.39 Å². The maximum atomic E-state index is 13.5. The van der Waals surface area contributed by atoms with E-state index in [1.165, 1.54) is 6.07 Å². The number of carbonyl (C=O) groups is 1. The van der Waals surface area contributed by atoms with E-state index in [9.17, 15) is 9.18 Å². The predicted octanol–water partition coefficient (Wildman–Crippen LogP) is 3.95. The van der Waals surface area contributed by atoms with Crippen LogP contribution in [0.15, 0.2) is 48.5 Å². The van der Waals surface area contributed by atoms with Gasteiger partial charge in [-0.25, -0.2) is 4.39 Å². The van der Waals surface area contributed by atoms with E-state index in [1.807, 2.05) is 37.3 Å². The van der Waals surface area contributed by atoms with Gasteiger partial charge in [0.25, 0.3) is 5.91 Å². The van der Waals surface area contributed by atoms with Gasteiger partial charge in [-0.3, -0.25) is 4.79 Å². The summed E-state index contributed by atoms with van der Waals surface area (Å²) in [5.74, 6) is 1.67. The van der Waals surface area contributed by atoms with Crippen molar-refractivity contribution in [1.82, 2.24) is 5.32 Å². The molecule has 0 aliphatic rings. The Morgan fingerprint density at radius 1 is 1.25 bits per heavy atom. The first kappa shape index (κ1) is 18.3. The summed E-state index contributed by atoms with van der Waals surface area (Å²) in [5.41, 5.74) is 1.77. The monoisotopic (exact) mass is 347 g/mol. The van der Waals surface area contributed by atoms with Crippen molar-refractivity contribution in [3.63, 3.8) is 0 Å². The van der Waals surface area contributed by atoms with E-state index >= 15 is 0 Å². The summed E-state index contributed by atoms with van der Waals surface area (Å²) >= 11 is 1.58. The molecule has 1 unspecified atom stereocenters. The van der Waals surface area contributed by atoms with E-state index in [4.69, 9.17) is 4.74 Å². The molecule has 128 valence electrons. The Morgan fingerprint density at radius 3 is 2.79 bits per heavy atom. The lowest BCUT2D eigenvalue weighted by atomic mass is 10.2. The molecule has 1 amide bonds. The number of ether oxygens (including phenoxy) is 1. The van der Waals surface area contributed by atoms with Gasteiger partial charge in [-0.1, -0.05) is 30.3 Å². The SMILES string of the molecule is Cc1cccc(OC(C)C(=O)NCCSCc2ccccc2F)c1. The second kappa shape index (κ2) is 9.33. The Morgan fingerprint density at radius 2 is 2.04 bits per heavy atom. The van der Waals surface area contributed by atoms with Gasteiger partial charge in [0, 0.05) is 18.1 Å². The molecule has 1 N–H and O–H groups in total. The Bertz CT molecular complexity index is 678. The van der Waals surface area contributed by atoms with Gasteiger partial charge in [0.05, 0.1) is 0 Å². The van der Waals surface area contributed by atoms with Crippen LogP contribution in [-0.2, 0) is 10.5 Å². The minimum absolute atomic E-state index is 0.150. The Labute approximate surface area is 146 Å². The molecule has 1 atom stereocenters. The zero-order valence-electron chi connectivity index (χ0n) is 13.9. The lowest BCUT2D eigenvalue weighted by Gasteiger charge is -2.15. The maximum absolute atomic E-state index is 13.5. The average molecular weight is 347 g/mol. The molecule has 3 nitrogen and oxygen atoms in total.